The van der Waals surface area contributed by atoms with Crippen molar-refractivity contribution in [1.82, 2.24) is 0 Å². The van der Waals surface area contributed by atoms with Crippen molar-refractivity contribution in [3.63, 3.8) is 0 Å². The number of carboxylic acids is 1. The predicted molar refractivity (Wildman–Crippen MR) is 53.0 cm³/mol. The Kier molecular flexibility index (Phi) is 18.7. The van der Waals surface area contributed by atoms with Gasteiger partial charge >= 0.3 is 13.8 Å². The second-order valence-electron chi connectivity index (χ2n) is 3.03. The third kappa shape index (κ3) is 16.5. The van der Waals surface area contributed by atoms with Gasteiger partial charge in [0.1, 0.15) is 18.3 Å². The Hall–Kier alpha value is 0.419. The van der Waals surface area contributed by atoms with E-state index in [2.05, 4.69) is 0 Å². The van der Waals surface area contributed by atoms with Crippen molar-refractivity contribution in [2.24, 2.45) is 0 Å². The maximum Gasteiger partial charge on any atom is 0.466 e. The standard InChI is InChI=1S/C6H12O7.2Fe.H3O4P/c7-1-2(8)3(9)4(10)5(11)6(12)13;;;1-5(2,3)4/h2-5,7-11H,1H2,(H,12,13);;;(H3,1,2,3,4)/t2-,3-,4+,5-;;;/m1.../s1. The molecule has 9 N–H and O–H groups in total. The van der Waals surface area contributed by atoms with E-state index in [9.17, 15) is 4.79 Å². The molecule has 0 rings (SSSR count). The number of aliphatic hydroxyl groups is 5. The van der Waals surface area contributed by atoms with E-state index in [-0.39, 0.29) is 34.1 Å². The van der Waals surface area contributed by atoms with Gasteiger partial charge in [-0.2, -0.15) is 0 Å². The van der Waals surface area contributed by atoms with Gasteiger partial charge in [-0.05, 0) is 0 Å². The van der Waals surface area contributed by atoms with Crippen LogP contribution in [0.2, 0.25) is 0 Å². The van der Waals surface area contributed by atoms with Crippen molar-refractivity contribution >= 4 is 13.8 Å². The fourth-order valence-corrected chi connectivity index (χ4v) is 0.668. The van der Waals surface area contributed by atoms with Crippen LogP contribution in [0.15, 0.2) is 0 Å². The van der Waals surface area contributed by atoms with Crippen LogP contribution in [0.1, 0.15) is 0 Å². The van der Waals surface area contributed by atoms with E-state index in [0.717, 1.165) is 0 Å². The van der Waals surface area contributed by atoms with Crippen molar-refractivity contribution < 1.29 is 88.8 Å². The molecule has 0 unspecified atom stereocenters. The molecule has 0 radical (unpaired) electrons. The Morgan fingerprint density at radius 1 is 0.950 bits per heavy atom. The van der Waals surface area contributed by atoms with Crippen LogP contribution in [0.5, 0.6) is 0 Å². The van der Waals surface area contributed by atoms with Gasteiger partial charge in [-0.25, -0.2) is 9.36 Å². The van der Waals surface area contributed by atoms with Crippen molar-refractivity contribution in [2.75, 3.05) is 6.61 Å². The molecule has 0 fully saturated rings. The van der Waals surface area contributed by atoms with Gasteiger partial charge in [0.15, 0.2) is 6.10 Å². The topological polar surface area (TPSA) is 216 Å². The maximum absolute atomic E-state index is 10.1. The third-order valence-corrected chi connectivity index (χ3v) is 1.51. The molecule has 0 aliphatic rings. The second-order valence-corrected chi connectivity index (χ2v) is 4.05. The first-order chi connectivity index (χ1) is 7.91. The van der Waals surface area contributed by atoms with Crippen LogP contribution in [-0.2, 0) is 43.5 Å². The molecule has 0 aromatic heterocycles. The summed E-state index contributed by atoms with van der Waals surface area (Å²) in [6, 6.07) is 0. The zero-order valence-corrected chi connectivity index (χ0v) is 12.6. The summed E-state index contributed by atoms with van der Waals surface area (Å²) < 4.78 is 8.88. The van der Waals surface area contributed by atoms with Gasteiger partial charge < -0.3 is 45.3 Å². The fourth-order valence-electron chi connectivity index (χ4n) is 0.668. The van der Waals surface area contributed by atoms with Crippen LogP contribution in [0.25, 0.3) is 0 Å². The van der Waals surface area contributed by atoms with E-state index < -0.39 is 44.8 Å². The fraction of sp³-hybridized carbons (Fsp3) is 0.833. The van der Waals surface area contributed by atoms with Crippen LogP contribution in [0, 0.1) is 0 Å². The summed E-state index contributed by atoms with van der Waals surface area (Å²) in [7, 11) is -4.64. The van der Waals surface area contributed by atoms with E-state index in [1.54, 1.807) is 0 Å². The van der Waals surface area contributed by atoms with Gasteiger partial charge in [-0.3, -0.25) is 0 Å². The Morgan fingerprint density at radius 2 is 1.25 bits per heavy atom. The van der Waals surface area contributed by atoms with E-state index in [0.29, 0.717) is 0 Å². The molecule has 126 valence electrons. The number of rotatable bonds is 5. The zero-order valence-electron chi connectivity index (χ0n) is 9.51. The van der Waals surface area contributed by atoms with Gasteiger partial charge in [0.2, 0.25) is 0 Å². The third-order valence-electron chi connectivity index (χ3n) is 1.51. The van der Waals surface area contributed by atoms with Crippen molar-refractivity contribution in [3.8, 4) is 0 Å². The van der Waals surface area contributed by atoms with Crippen molar-refractivity contribution in [3.05, 3.63) is 0 Å². The molecule has 0 aromatic rings. The summed E-state index contributed by atoms with van der Waals surface area (Å²) in [6.45, 7) is -0.843. The van der Waals surface area contributed by atoms with Crippen LogP contribution < -0.4 is 0 Å². The molecule has 14 heteroatoms. The first-order valence-corrected chi connectivity index (χ1v) is 5.82. The molecule has 0 aromatic carbocycles. The number of hydrogen-bond acceptors (Lipinski definition) is 7. The molecule has 0 bridgehead atoms. The second kappa shape index (κ2) is 13.1. The van der Waals surface area contributed by atoms with Gasteiger partial charge in [0.25, 0.3) is 0 Å². The molecular formula is C6H15Fe2O11P. The number of phosphoric acid groups is 1. The van der Waals surface area contributed by atoms with Gasteiger partial charge in [-0.15, -0.1) is 0 Å². The molecule has 0 spiro atoms. The average molecular weight is 406 g/mol. The summed E-state index contributed by atoms with van der Waals surface area (Å²) >= 11 is 0. The number of aliphatic carboxylic acids is 1. The minimum Gasteiger partial charge on any atom is -0.479 e. The smallest absolute Gasteiger partial charge is 0.466 e. The van der Waals surface area contributed by atoms with Gasteiger partial charge in [0, 0.05) is 34.1 Å². The number of hydrogen-bond donors (Lipinski definition) is 9. The molecule has 0 aliphatic heterocycles. The maximum atomic E-state index is 10.1. The molecule has 0 heterocycles. The molecule has 4 atom stereocenters. The monoisotopic (exact) mass is 406 g/mol. The normalized spacial score (nSPS) is 16.2. The van der Waals surface area contributed by atoms with Crippen LogP contribution >= 0.6 is 7.82 Å². The van der Waals surface area contributed by atoms with Crippen LogP contribution in [0.3, 0.4) is 0 Å². The number of carboxylic acid groups (broad SMARTS) is 1. The number of aliphatic hydroxyl groups excluding tert-OH is 5. The summed E-state index contributed by atoms with van der Waals surface area (Å²) in [5.74, 6) is -1.73. The largest absolute Gasteiger partial charge is 0.479 e. The molecule has 0 amide bonds. The molecule has 0 saturated heterocycles. The molecule has 0 saturated carbocycles. The van der Waals surface area contributed by atoms with E-state index in [1.807, 2.05) is 0 Å². The van der Waals surface area contributed by atoms with Crippen LogP contribution in [-0.4, -0.2) is 82.3 Å². The number of carbonyl (C=O) groups is 1. The Bertz CT molecular complexity index is 288. The minimum absolute atomic E-state index is 0. The zero-order chi connectivity index (χ0) is 15.1. The Morgan fingerprint density at radius 3 is 1.45 bits per heavy atom. The Balaban J connectivity index is -0.000000158. The quantitative estimate of drug-likeness (QED) is 0.157. The van der Waals surface area contributed by atoms with Gasteiger partial charge in [0.05, 0.1) is 6.61 Å². The summed E-state index contributed by atoms with van der Waals surface area (Å²) in [5, 5.41) is 51.8. The van der Waals surface area contributed by atoms with E-state index in [1.165, 1.54) is 0 Å². The van der Waals surface area contributed by atoms with Gasteiger partial charge in [-0.1, -0.05) is 0 Å². The van der Waals surface area contributed by atoms with Crippen molar-refractivity contribution in [1.29, 1.82) is 0 Å². The van der Waals surface area contributed by atoms with Crippen LogP contribution in [0.4, 0.5) is 0 Å². The minimum atomic E-state index is -4.64. The average Bonchev–Trinajstić information content (AvgIpc) is 2.22. The molecule has 11 nitrogen and oxygen atoms in total. The van der Waals surface area contributed by atoms with Crippen molar-refractivity contribution in [2.45, 2.75) is 24.4 Å². The summed E-state index contributed by atoms with van der Waals surface area (Å²) in [4.78, 5) is 31.7. The summed E-state index contributed by atoms with van der Waals surface area (Å²) in [6.07, 6.45) is -7.84. The molecular weight excluding hydrogens is 391 g/mol. The molecule has 0 aliphatic carbocycles. The SMILES string of the molecule is O=C(O)[C@H](O)[C@@H](O)[C@H](O)[C@H](O)CO.O=P(O)(O)O.[Fe].[Fe]. The predicted octanol–water partition coefficient (Wildman–Crippen LogP) is -4.43. The Labute approximate surface area is 134 Å². The first kappa shape index (κ1) is 28.6. The first-order valence-electron chi connectivity index (χ1n) is 4.26. The summed E-state index contributed by atoms with van der Waals surface area (Å²) in [5.41, 5.74) is 0. The van der Waals surface area contributed by atoms with E-state index >= 15 is 0 Å². The molecule has 20 heavy (non-hydrogen) atoms. The van der Waals surface area contributed by atoms with E-state index in [4.69, 9.17) is 49.9 Å².